The van der Waals surface area contributed by atoms with Gasteiger partial charge in [-0.1, -0.05) is 31.7 Å². The molecule has 2 aliphatic heterocycles. The number of nitrogens with one attached hydrogen (secondary N) is 4. The molecule has 16 nitrogen and oxygen atoms in total. The number of carbonyl (C=O) groups is 4. The van der Waals surface area contributed by atoms with E-state index in [0.717, 1.165) is 93.9 Å². The van der Waals surface area contributed by atoms with Crippen LogP contribution >= 0.6 is 0 Å². The van der Waals surface area contributed by atoms with Gasteiger partial charge in [0.05, 0.1) is 60.9 Å². The Morgan fingerprint density at radius 1 is 0.656 bits per heavy atom. The first-order valence-corrected chi connectivity index (χ1v) is 21.6. The number of likely N-dealkylation sites (tertiary alicyclic amines) is 2. The van der Waals surface area contributed by atoms with Gasteiger partial charge in [-0.15, -0.1) is 0 Å². The number of rotatable bonds is 10. The van der Waals surface area contributed by atoms with Crippen LogP contribution in [0.5, 0.6) is 0 Å². The van der Waals surface area contributed by atoms with Crippen LogP contribution in [0.3, 0.4) is 0 Å². The summed E-state index contributed by atoms with van der Waals surface area (Å²) in [6.07, 6.45) is 13.0. The van der Waals surface area contributed by atoms with Gasteiger partial charge < -0.3 is 44.3 Å². The highest BCUT2D eigenvalue weighted by Crippen LogP contribution is 2.38. The average Bonchev–Trinajstić information content (AvgIpc) is 4.13. The van der Waals surface area contributed by atoms with Crippen LogP contribution in [0, 0.1) is 11.8 Å². The van der Waals surface area contributed by atoms with Crippen LogP contribution < -0.4 is 16.1 Å². The number of amides is 4. The summed E-state index contributed by atoms with van der Waals surface area (Å²) >= 11 is 0. The van der Waals surface area contributed by atoms with Crippen molar-refractivity contribution < 1.29 is 33.1 Å². The molecule has 5 aromatic rings. The Morgan fingerprint density at radius 2 is 1.15 bits per heavy atom. The standard InChI is InChI=1S/C45H52N8O8/c1-59-44(57)50-37(25-9-3-4-10-25)42(55)52-19-7-13-33(52)40-46-23-31(48-40)27-16-18-35-30(21-27)39(54)29-17-15-28(22-36(29)61-35)32-24-47-41(49-32)34-14-8-20-53(34)43(56)38(51-45(58)60-2)26-11-5-6-12-26/h15-18,21-26,33-34,37-38H,3-14,19-20H2,1-2H3,(H,46,48)(H,47,49)(H,50,57)(H,51,58). The van der Waals surface area contributed by atoms with E-state index in [4.69, 9.17) is 23.9 Å². The smallest absolute Gasteiger partial charge is 0.407 e. The van der Waals surface area contributed by atoms with E-state index < -0.39 is 24.3 Å². The van der Waals surface area contributed by atoms with E-state index in [1.54, 1.807) is 30.6 Å². The van der Waals surface area contributed by atoms with E-state index in [9.17, 15) is 24.0 Å². The minimum absolute atomic E-state index is 0.0657. The van der Waals surface area contributed by atoms with Gasteiger partial charge >= 0.3 is 12.2 Å². The van der Waals surface area contributed by atoms with Crippen LogP contribution in [-0.4, -0.2) is 93.1 Å². The molecule has 4 amide bonds. The Bertz CT molecular complexity index is 2520. The molecule has 5 heterocycles. The van der Waals surface area contributed by atoms with Crippen LogP contribution in [0.2, 0.25) is 0 Å². The molecule has 9 rings (SSSR count). The molecule has 320 valence electrons. The number of hydrogen-bond donors (Lipinski definition) is 4. The second-order valence-corrected chi connectivity index (χ2v) is 16.9. The highest BCUT2D eigenvalue weighted by atomic mass is 16.5. The summed E-state index contributed by atoms with van der Waals surface area (Å²) in [5, 5.41) is 6.49. The SMILES string of the molecule is COC(=O)NC(C(=O)N1CCCC1c1ncc(-c2ccc3c(=O)c4cc(-c5cnc(C6CCCN6C(=O)C(NC(=O)OC)C6CCCC6)[nH]5)ccc4oc3c2)[nH]1)C1CCCC1. The average molecular weight is 833 g/mol. The summed E-state index contributed by atoms with van der Waals surface area (Å²) in [5.74, 6) is 1.22. The van der Waals surface area contributed by atoms with Gasteiger partial charge in [-0.2, -0.15) is 0 Å². The Labute approximate surface area is 352 Å². The molecule has 4 N–H and O–H groups in total. The molecule has 4 aliphatic rings. The fourth-order valence-electron chi connectivity index (χ4n) is 10.2. The zero-order valence-electron chi connectivity index (χ0n) is 34.5. The lowest BCUT2D eigenvalue weighted by Gasteiger charge is -2.31. The van der Waals surface area contributed by atoms with E-state index >= 15 is 0 Å². The zero-order chi connectivity index (χ0) is 42.2. The van der Waals surface area contributed by atoms with Gasteiger partial charge in [0.25, 0.3) is 0 Å². The highest BCUT2D eigenvalue weighted by molar-refractivity contribution is 5.93. The van der Waals surface area contributed by atoms with Crippen molar-refractivity contribution in [3.8, 4) is 22.5 Å². The number of benzene rings is 2. The highest BCUT2D eigenvalue weighted by Gasteiger charge is 2.42. The number of imidazole rings is 2. The van der Waals surface area contributed by atoms with E-state index in [2.05, 4.69) is 20.6 Å². The zero-order valence-corrected chi connectivity index (χ0v) is 34.5. The quantitative estimate of drug-likeness (QED) is 0.107. The molecule has 0 spiro atoms. The van der Waals surface area contributed by atoms with Crippen molar-refractivity contribution in [1.82, 2.24) is 40.4 Å². The van der Waals surface area contributed by atoms with Crippen LogP contribution in [0.1, 0.15) is 101 Å². The molecule has 4 unspecified atom stereocenters. The van der Waals surface area contributed by atoms with Crippen molar-refractivity contribution in [2.24, 2.45) is 11.8 Å². The number of aromatic amines is 2. The van der Waals surface area contributed by atoms with Gasteiger partial charge in [0.15, 0.2) is 0 Å². The normalized spacial score (nSPS) is 20.7. The van der Waals surface area contributed by atoms with Gasteiger partial charge in [-0.05, 0) is 93.5 Å². The number of alkyl carbamates (subject to hydrolysis) is 2. The molecule has 2 saturated heterocycles. The number of ether oxygens (including phenoxy) is 2. The minimum atomic E-state index is -0.647. The molecule has 2 saturated carbocycles. The second-order valence-electron chi connectivity index (χ2n) is 16.9. The molecule has 61 heavy (non-hydrogen) atoms. The van der Waals surface area contributed by atoms with Crippen LogP contribution in [-0.2, 0) is 19.1 Å². The first-order valence-electron chi connectivity index (χ1n) is 21.6. The number of nitrogens with zero attached hydrogens (tertiary/aromatic N) is 4. The second kappa shape index (κ2) is 17.1. The first kappa shape index (κ1) is 40.2. The fourth-order valence-corrected chi connectivity index (χ4v) is 10.2. The number of hydrogen-bond acceptors (Lipinski definition) is 10. The number of aromatic nitrogens is 4. The van der Waals surface area contributed by atoms with Crippen molar-refractivity contribution in [3.63, 3.8) is 0 Å². The molecule has 0 bridgehead atoms. The monoisotopic (exact) mass is 832 g/mol. The van der Waals surface area contributed by atoms with Crippen LogP contribution in [0.4, 0.5) is 9.59 Å². The summed E-state index contributed by atoms with van der Waals surface area (Å²) in [5.41, 5.74) is 3.65. The van der Waals surface area contributed by atoms with Gasteiger partial charge in [0.2, 0.25) is 17.2 Å². The van der Waals surface area contributed by atoms with E-state index in [1.165, 1.54) is 14.2 Å². The first-order chi connectivity index (χ1) is 29.7. The van der Waals surface area contributed by atoms with Crippen molar-refractivity contribution >= 4 is 45.9 Å². The molecular weight excluding hydrogens is 781 g/mol. The molecule has 3 aromatic heterocycles. The van der Waals surface area contributed by atoms with Gasteiger partial charge in [-0.25, -0.2) is 19.6 Å². The van der Waals surface area contributed by atoms with E-state index in [1.807, 2.05) is 28.0 Å². The van der Waals surface area contributed by atoms with Gasteiger partial charge in [0, 0.05) is 24.2 Å². The Hall–Kier alpha value is -6.19. The molecule has 2 aromatic carbocycles. The molecule has 2 aliphatic carbocycles. The van der Waals surface area contributed by atoms with E-state index in [-0.39, 0.29) is 41.2 Å². The van der Waals surface area contributed by atoms with Crippen LogP contribution in [0.15, 0.2) is 58.0 Å². The summed E-state index contributed by atoms with van der Waals surface area (Å²) < 4.78 is 16.1. The van der Waals surface area contributed by atoms with Gasteiger partial charge in [-0.3, -0.25) is 14.4 Å². The third kappa shape index (κ3) is 7.83. The predicted molar refractivity (Wildman–Crippen MR) is 225 cm³/mol. The molecular formula is C45H52N8O8. The molecule has 16 heteroatoms. The maximum atomic E-state index is 14.0. The number of carbonyl (C=O) groups excluding carboxylic acids is 4. The number of H-pyrrole nitrogens is 2. The topological polar surface area (TPSA) is 205 Å². The Morgan fingerprint density at radius 3 is 1.66 bits per heavy atom. The van der Waals surface area contributed by atoms with E-state index in [0.29, 0.717) is 52.4 Å². The van der Waals surface area contributed by atoms with Crippen molar-refractivity contribution in [2.75, 3.05) is 27.3 Å². The lowest BCUT2D eigenvalue weighted by atomic mass is 9.96. The van der Waals surface area contributed by atoms with Crippen LogP contribution in [0.25, 0.3) is 44.5 Å². The fraction of sp³-hybridized carbons (Fsp3) is 0.489. The molecule has 4 atom stereocenters. The maximum Gasteiger partial charge on any atom is 0.407 e. The van der Waals surface area contributed by atoms with Crippen molar-refractivity contribution in [2.45, 2.75) is 101 Å². The third-order valence-corrected chi connectivity index (χ3v) is 13.4. The maximum absolute atomic E-state index is 14.0. The summed E-state index contributed by atoms with van der Waals surface area (Å²) in [6.45, 7) is 1.14. The van der Waals surface area contributed by atoms with Gasteiger partial charge in [0.1, 0.15) is 34.9 Å². The lowest BCUT2D eigenvalue weighted by Crippen LogP contribution is -2.51. The summed E-state index contributed by atoms with van der Waals surface area (Å²) in [4.78, 5) is 86.3. The molecule has 0 radical (unpaired) electrons. The number of fused-ring (bicyclic) bond motifs is 2. The van der Waals surface area contributed by atoms with Crippen molar-refractivity contribution in [1.29, 1.82) is 0 Å². The molecule has 4 fully saturated rings. The Balaban J connectivity index is 0.928. The third-order valence-electron chi connectivity index (χ3n) is 13.4. The summed E-state index contributed by atoms with van der Waals surface area (Å²) in [6, 6.07) is 9.06. The Kier molecular flexibility index (Phi) is 11.2. The number of methoxy groups -OCH3 is 2. The lowest BCUT2D eigenvalue weighted by molar-refractivity contribution is -0.136. The predicted octanol–water partition coefficient (Wildman–Crippen LogP) is 6.88. The van der Waals surface area contributed by atoms with Crippen molar-refractivity contribution in [3.05, 3.63) is 70.7 Å². The largest absolute Gasteiger partial charge is 0.456 e. The minimum Gasteiger partial charge on any atom is -0.456 e. The summed E-state index contributed by atoms with van der Waals surface area (Å²) in [7, 11) is 2.61.